The molecule has 0 aliphatic carbocycles. The van der Waals surface area contributed by atoms with Crippen molar-refractivity contribution in [2.75, 3.05) is 33.2 Å². The lowest BCUT2D eigenvalue weighted by Crippen LogP contribution is -2.43. The molecular weight excluding hydrogens is 247 g/mol. The number of hydrogen-bond acceptors (Lipinski definition) is 3. The maximum Gasteiger partial charge on any atom is 0.124 e. The molecule has 0 bridgehead atoms. The first-order valence-corrected chi connectivity index (χ1v) is 7.17. The molecule has 1 saturated heterocycles. The fourth-order valence-electron chi connectivity index (χ4n) is 2.43. The summed E-state index contributed by atoms with van der Waals surface area (Å²) in [4.78, 5) is 4.84. The average molecular weight is 264 g/mol. The summed E-state index contributed by atoms with van der Waals surface area (Å²) in [5, 5.41) is 3.38. The van der Waals surface area contributed by atoms with Gasteiger partial charge in [0, 0.05) is 37.4 Å². The SMILES string of the molecule is CN1CCN(Cc2csc3cc(F)ccc23)CC1. The van der Waals surface area contributed by atoms with Crippen LogP contribution in [-0.4, -0.2) is 43.0 Å². The zero-order chi connectivity index (χ0) is 12.5. The Morgan fingerprint density at radius 1 is 1.22 bits per heavy atom. The second-order valence-electron chi connectivity index (χ2n) is 4.98. The molecule has 1 fully saturated rings. The lowest BCUT2D eigenvalue weighted by Gasteiger charge is -2.32. The number of benzene rings is 1. The maximum atomic E-state index is 13.1. The second kappa shape index (κ2) is 4.96. The highest BCUT2D eigenvalue weighted by Gasteiger charge is 2.15. The van der Waals surface area contributed by atoms with E-state index < -0.39 is 0 Å². The van der Waals surface area contributed by atoms with Gasteiger partial charge in [0.1, 0.15) is 5.82 Å². The predicted molar refractivity (Wildman–Crippen MR) is 74.6 cm³/mol. The van der Waals surface area contributed by atoms with E-state index >= 15 is 0 Å². The zero-order valence-electron chi connectivity index (χ0n) is 10.5. The third-order valence-corrected chi connectivity index (χ3v) is 4.60. The molecule has 0 saturated carbocycles. The fourth-order valence-corrected chi connectivity index (χ4v) is 3.40. The predicted octanol–water partition coefficient (Wildman–Crippen LogP) is 2.79. The first-order chi connectivity index (χ1) is 8.72. The van der Waals surface area contributed by atoms with E-state index in [9.17, 15) is 4.39 Å². The molecular formula is C14H17FN2S. The van der Waals surface area contributed by atoms with E-state index in [2.05, 4.69) is 22.2 Å². The maximum absolute atomic E-state index is 13.1. The number of piperazine rings is 1. The summed E-state index contributed by atoms with van der Waals surface area (Å²) >= 11 is 1.64. The average Bonchev–Trinajstić information content (AvgIpc) is 2.74. The van der Waals surface area contributed by atoms with E-state index in [-0.39, 0.29) is 5.82 Å². The second-order valence-corrected chi connectivity index (χ2v) is 5.89. The topological polar surface area (TPSA) is 6.48 Å². The van der Waals surface area contributed by atoms with Crippen molar-refractivity contribution in [2.45, 2.75) is 6.54 Å². The van der Waals surface area contributed by atoms with Gasteiger partial charge < -0.3 is 4.90 Å². The van der Waals surface area contributed by atoms with E-state index in [0.29, 0.717) is 0 Å². The van der Waals surface area contributed by atoms with E-state index in [1.54, 1.807) is 23.5 Å². The normalized spacial score (nSPS) is 18.6. The summed E-state index contributed by atoms with van der Waals surface area (Å²) in [5.74, 6) is -0.143. The van der Waals surface area contributed by atoms with Crippen LogP contribution in [0.1, 0.15) is 5.56 Å². The van der Waals surface area contributed by atoms with Crippen molar-refractivity contribution >= 4 is 21.4 Å². The van der Waals surface area contributed by atoms with Gasteiger partial charge >= 0.3 is 0 Å². The van der Waals surface area contributed by atoms with Crippen molar-refractivity contribution < 1.29 is 4.39 Å². The molecule has 0 atom stereocenters. The van der Waals surface area contributed by atoms with Crippen molar-refractivity contribution in [3.8, 4) is 0 Å². The Bertz CT molecular complexity index is 544. The molecule has 0 radical (unpaired) electrons. The number of likely N-dealkylation sites (N-methyl/N-ethyl adjacent to an activating group) is 1. The number of halogens is 1. The zero-order valence-corrected chi connectivity index (χ0v) is 11.3. The summed E-state index contributed by atoms with van der Waals surface area (Å²) in [7, 11) is 2.17. The van der Waals surface area contributed by atoms with Crippen LogP contribution in [0.2, 0.25) is 0 Å². The number of rotatable bonds is 2. The monoisotopic (exact) mass is 264 g/mol. The van der Waals surface area contributed by atoms with E-state index in [1.807, 2.05) is 6.07 Å². The quantitative estimate of drug-likeness (QED) is 0.823. The summed E-state index contributed by atoms with van der Waals surface area (Å²) in [6.07, 6.45) is 0. The molecule has 3 rings (SSSR count). The molecule has 1 aliphatic rings. The number of hydrogen-bond donors (Lipinski definition) is 0. The summed E-state index contributed by atoms with van der Waals surface area (Å²) in [5.41, 5.74) is 1.33. The van der Waals surface area contributed by atoms with Gasteiger partial charge in [-0.1, -0.05) is 6.07 Å². The van der Waals surface area contributed by atoms with Crippen molar-refractivity contribution in [2.24, 2.45) is 0 Å². The molecule has 96 valence electrons. The molecule has 0 spiro atoms. The molecule has 0 amide bonds. The standard InChI is InChI=1S/C14H17FN2S/c1-16-4-6-17(7-5-16)9-11-10-18-14-8-12(15)2-3-13(11)14/h2-3,8,10H,4-7,9H2,1H3. The molecule has 2 heterocycles. The van der Waals surface area contributed by atoms with Gasteiger partial charge in [-0.15, -0.1) is 11.3 Å². The van der Waals surface area contributed by atoms with Crippen molar-refractivity contribution in [1.29, 1.82) is 0 Å². The van der Waals surface area contributed by atoms with Gasteiger partial charge in [-0.2, -0.15) is 0 Å². The van der Waals surface area contributed by atoms with E-state index in [4.69, 9.17) is 0 Å². The highest BCUT2D eigenvalue weighted by atomic mass is 32.1. The van der Waals surface area contributed by atoms with Crippen molar-refractivity contribution in [1.82, 2.24) is 9.80 Å². The van der Waals surface area contributed by atoms with Crippen LogP contribution in [0.3, 0.4) is 0 Å². The largest absolute Gasteiger partial charge is 0.304 e. The Kier molecular flexibility index (Phi) is 3.33. The Morgan fingerprint density at radius 3 is 2.78 bits per heavy atom. The van der Waals surface area contributed by atoms with Gasteiger partial charge in [-0.3, -0.25) is 4.90 Å². The van der Waals surface area contributed by atoms with Gasteiger partial charge in [-0.05, 0) is 35.5 Å². The molecule has 1 aromatic heterocycles. The Balaban J connectivity index is 1.78. The number of thiophene rings is 1. The molecule has 2 aromatic rings. The first kappa shape index (κ1) is 12.1. The molecule has 0 unspecified atom stereocenters. The van der Waals surface area contributed by atoms with Gasteiger partial charge in [-0.25, -0.2) is 4.39 Å². The minimum atomic E-state index is -0.143. The fraction of sp³-hybridized carbons (Fsp3) is 0.429. The van der Waals surface area contributed by atoms with Gasteiger partial charge in [0.25, 0.3) is 0 Å². The van der Waals surface area contributed by atoms with Crippen LogP contribution in [0.15, 0.2) is 23.6 Å². The number of nitrogens with zero attached hydrogens (tertiary/aromatic N) is 2. The van der Waals surface area contributed by atoms with Crippen LogP contribution >= 0.6 is 11.3 Å². The van der Waals surface area contributed by atoms with Crippen LogP contribution in [-0.2, 0) is 6.54 Å². The lowest BCUT2D eigenvalue weighted by molar-refractivity contribution is 0.148. The van der Waals surface area contributed by atoms with Crippen LogP contribution in [0, 0.1) is 5.82 Å². The highest BCUT2D eigenvalue weighted by molar-refractivity contribution is 7.17. The smallest absolute Gasteiger partial charge is 0.124 e. The molecule has 0 N–H and O–H groups in total. The van der Waals surface area contributed by atoms with Gasteiger partial charge in [0.2, 0.25) is 0 Å². The lowest BCUT2D eigenvalue weighted by atomic mass is 10.1. The molecule has 2 nitrogen and oxygen atoms in total. The van der Waals surface area contributed by atoms with E-state index in [0.717, 1.165) is 37.4 Å². The van der Waals surface area contributed by atoms with Crippen molar-refractivity contribution in [3.63, 3.8) is 0 Å². The van der Waals surface area contributed by atoms with Crippen LogP contribution in [0.25, 0.3) is 10.1 Å². The van der Waals surface area contributed by atoms with Gasteiger partial charge in [0.05, 0.1) is 0 Å². The minimum Gasteiger partial charge on any atom is -0.304 e. The third kappa shape index (κ3) is 2.41. The first-order valence-electron chi connectivity index (χ1n) is 6.29. The molecule has 4 heteroatoms. The van der Waals surface area contributed by atoms with Crippen molar-refractivity contribution in [3.05, 3.63) is 35.0 Å². The van der Waals surface area contributed by atoms with E-state index in [1.165, 1.54) is 10.9 Å². The Labute approximate surface area is 111 Å². The van der Waals surface area contributed by atoms with Crippen LogP contribution in [0.5, 0.6) is 0 Å². The summed E-state index contributed by atoms with van der Waals surface area (Å²) in [6, 6.07) is 5.10. The van der Waals surface area contributed by atoms with Gasteiger partial charge in [0.15, 0.2) is 0 Å². The summed E-state index contributed by atoms with van der Waals surface area (Å²) < 4.78 is 14.2. The summed E-state index contributed by atoms with van der Waals surface area (Å²) in [6.45, 7) is 5.50. The minimum absolute atomic E-state index is 0.143. The van der Waals surface area contributed by atoms with Crippen LogP contribution < -0.4 is 0 Å². The third-order valence-electron chi connectivity index (χ3n) is 3.61. The Hall–Kier alpha value is -0.970. The molecule has 1 aromatic carbocycles. The molecule has 18 heavy (non-hydrogen) atoms. The van der Waals surface area contributed by atoms with Crippen LogP contribution in [0.4, 0.5) is 4.39 Å². The number of fused-ring (bicyclic) bond motifs is 1. The Morgan fingerprint density at radius 2 is 2.00 bits per heavy atom. The molecule has 1 aliphatic heterocycles. The highest BCUT2D eigenvalue weighted by Crippen LogP contribution is 2.27.